The van der Waals surface area contributed by atoms with E-state index in [0.29, 0.717) is 30.9 Å². The van der Waals surface area contributed by atoms with E-state index in [2.05, 4.69) is 10.2 Å². The van der Waals surface area contributed by atoms with Crippen LogP contribution < -0.4 is 5.73 Å². The highest BCUT2D eigenvalue weighted by atomic mass is 32.2. The molecule has 3 rings (SSSR count). The molecule has 25 heavy (non-hydrogen) atoms. The van der Waals surface area contributed by atoms with Gasteiger partial charge >= 0.3 is 0 Å². The van der Waals surface area contributed by atoms with Crippen molar-refractivity contribution in [2.24, 2.45) is 11.7 Å². The van der Waals surface area contributed by atoms with Crippen LogP contribution in [-0.2, 0) is 14.8 Å². The molecule has 2 fully saturated rings. The van der Waals surface area contributed by atoms with Crippen molar-refractivity contribution in [2.45, 2.75) is 50.5 Å². The molecule has 0 radical (unpaired) electrons. The van der Waals surface area contributed by atoms with Crippen molar-refractivity contribution < 1.29 is 13.2 Å². The second kappa shape index (κ2) is 7.05. The number of nitrogens with zero attached hydrogens (tertiary/aromatic N) is 3. The van der Waals surface area contributed by atoms with E-state index in [0.717, 1.165) is 25.8 Å². The summed E-state index contributed by atoms with van der Waals surface area (Å²) >= 11 is 0. The number of hydrogen-bond donors (Lipinski definition) is 2. The Morgan fingerprint density at radius 2 is 2.00 bits per heavy atom. The maximum atomic E-state index is 13.0. The van der Waals surface area contributed by atoms with Gasteiger partial charge in [0.05, 0.1) is 17.3 Å². The SMILES string of the molecule is Cc1n[nH]c(C)c1S(=O)(=O)N1CCCC(C(=O)N2CCCC2CN)C1. The summed E-state index contributed by atoms with van der Waals surface area (Å²) < 4.78 is 27.5. The normalized spacial score (nSPS) is 25.5. The number of carbonyl (C=O) groups is 1. The van der Waals surface area contributed by atoms with Crippen molar-refractivity contribution in [2.75, 3.05) is 26.2 Å². The predicted octanol–water partition coefficient (Wildman–Crippen LogP) is 0.377. The molecule has 2 atom stereocenters. The van der Waals surface area contributed by atoms with Crippen LogP contribution in [0.5, 0.6) is 0 Å². The number of hydrogen-bond acceptors (Lipinski definition) is 5. The van der Waals surface area contributed by atoms with Gasteiger partial charge in [0.1, 0.15) is 4.90 Å². The third-order valence-electron chi connectivity index (χ3n) is 5.32. The Bertz CT molecular complexity index is 725. The summed E-state index contributed by atoms with van der Waals surface area (Å²) in [7, 11) is -3.64. The smallest absolute Gasteiger partial charge is 0.246 e. The summed E-state index contributed by atoms with van der Waals surface area (Å²) in [6.45, 7) is 5.25. The summed E-state index contributed by atoms with van der Waals surface area (Å²) in [5.74, 6) is -0.239. The van der Waals surface area contributed by atoms with Crippen molar-refractivity contribution >= 4 is 15.9 Å². The zero-order chi connectivity index (χ0) is 18.2. The zero-order valence-corrected chi connectivity index (χ0v) is 15.7. The molecule has 0 aliphatic carbocycles. The Morgan fingerprint density at radius 1 is 1.28 bits per heavy atom. The van der Waals surface area contributed by atoms with Crippen LogP contribution in [0.25, 0.3) is 0 Å². The number of nitrogens with two attached hydrogens (primary N) is 1. The van der Waals surface area contributed by atoms with Crippen LogP contribution >= 0.6 is 0 Å². The lowest BCUT2D eigenvalue weighted by molar-refractivity contribution is -0.137. The molecule has 0 saturated carbocycles. The molecule has 8 nitrogen and oxygen atoms in total. The van der Waals surface area contributed by atoms with Crippen LogP contribution in [0.1, 0.15) is 37.1 Å². The van der Waals surface area contributed by atoms with Crippen LogP contribution in [-0.4, -0.2) is 65.9 Å². The second-order valence-electron chi connectivity index (χ2n) is 7.03. The minimum Gasteiger partial charge on any atom is -0.338 e. The average molecular weight is 369 g/mol. The van der Waals surface area contributed by atoms with Crippen LogP contribution in [0.3, 0.4) is 0 Å². The third-order valence-corrected chi connectivity index (χ3v) is 7.45. The van der Waals surface area contributed by atoms with Gasteiger partial charge in [0, 0.05) is 32.2 Å². The Balaban J connectivity index is 1.78. The molecule has 2 aliphatic rings. The van der Waals surface area contributed by atoms with E-state index in [-0.39, 0.29) is 29.3 Å². The number of rotatable bonds is 4. The van der Waals surface area contributed by atoms with Gasteiger partial charge < -0.3 is 10.6 Å². The number of aromatic amines is 1. The van der Waals surface area contributed by atoms with E-state index in [9.17, 15) is 13.2 Å². The van der Waals surface area contributed by atoms with Gasteiger partial charge in [-0.25, -0.2) is 8.42 Å². The van der Waals surface area contributed by atoms with Gasteiger partial charge in [-0.3, -0.25) is 9.89 Å². The largest absolute Gasteiger partial charge is 0.338 e. The van der Waals surface area contributed by atoms with Crippen molar-refractivity contribution in [3.63, 3.8) is 0 Å². The highest BCUT2D eigenvalue weighted by Gasteiger charge is 2.39. The van der Waals surface area contributed by atoms with Gasteiger partial charge in [0.15, 0.2) is 0 Å². The molecule has 140 valence electrons. The Morgan fingerprint density at radius 3 is 2.64 bits per heavy atom. The van der Waals surface area contributed by atoms with Crippen LogP contribution in [0.2, 0.25) is 0 Å². The number of piperidine rings is 1. The maximum Gasteiger partial charge on any atom is 0.246 e. The summed E-state index contributed by atoms with van der Waals surface area (Å²) in [6, 6.07) is 0.0952. The topological polar surface area (TPSA) is 112 Å². The maximum absolute atomic E-state index is 13.0. The minimum atomic E-state index is -3.64. The number of aryl methyl sites for hydroxylation is 2. The summed E-state index contributed by atoms with van der Waals surface area (Å²) in [6.07, 6.45) is 3.31. The Kier molecular flexibility index (Phi) is 5.17. The summed E-state index contributed by atoms with van der Waals surface area (Å²) in [5, 5.41) is 6.72. The highest BCUT2D eigenvalue weighted by Crippen LogP contribution is 2.29. The van der Waals surface area contributed by atoms with Gasteiger partial charge in [-0.2, -0.15) is 9.40 Å². The molecule has 1 amide bonds. The highest BCUT2D eigenvalue weighted by molar-refractivity contribution is 7.89. The lowest BCUT2D eigenvalue weighted by Gasteiger charge is -2.34. The van der Waals surface area contributed by atoms with E-state index in [1.807, 2.05) is 4.90 Å². The molecule has 3 heterocycles. The molecule has 0 spiro atoms. The second-order valence-corrected chi connectivity index (χ2v) is 8.90. The molecule has 0 bridgehead atoms. The van der Waals surface area contributed by atoms with E-state index >= 15 is 0 Å². The fraction of sp³-hybridized carbons (Fsp3) is 0.750. The van der Waals surface area contributed by atoms with Gasteiger partial charge in [0.25, 0.3) is 0 Å². The number of aromatic nitrogens is 2. The predicted molar refractivity (Wildman–Crippen MR) is 93.3 cm³/mol. The lowest BCUT2D eigenvalue weighted by atomic mass is 9.97. The summed E-state index contributed by atoms with van der Waals surface area (Å²) in [5.41, 5.74) is 6.78. The minimum absolute atomic E-state index is 0.0495. The Hall–Kier alpha value is -1.45. The standard InChI is InChI=1S/C16H27N5O3S/c1-11-15(12(2)19-18-11)25(23,24)20-7-3-5-13(10-20)16(22)21-8-4-6-14(21)9-17/h13-14H,3-10,17H2,1-2H3,(H,18,19). The van der Waals surface area contributed by atoms with Gasteiger partial charge in [-0.1, -0.05) is 0 Å². The molecule has 1 aromatic heterocycles. The molecule has 3 N–H and O–H groups in total. The molecule has 2 unspecified atom stereocenters. The quantitative estimate of drug-likeness (QED) is 0.797. The number of nitrogens with one attached hydrogen (secondary N) is 1. The molecule has 0 aromatic carbocycles. The Labute approximate surface area is 148 Å². The first-order valence-electron chi connectivity index (χ1n) is 8.88. The van der Waals surface area contributed by atoms with E-state index < -0.39 is 10.0 Å². The molecule has 2 saturated heterocycles. The van der Waals surface area contributed by atoms with Crippen molar-refractivity contribution in [3.05, 3.63) is 11.4 Å². The van der Waals surface area contributed by atoms with E-state index in [1.165, 1.54) is 4.31 Å². The molecule has 1 aromatic rings. The number of likely N-dealkylation sites (tertiary alicyclic amines) is 1. The van der Waals surface area contributed by atoms with Crippen molar-refractivity contribution in [1.82, 2.24) is 19.4 Å². The molecule has 9 heteroatoms. The first kappa shape index (κ1) is 18.3. The first-order chi connectivity index (χ1) is 11.9. The van der Waals surface area contributed by atoms with E-state index in [4.69, 9.17) is 5.73 Å². The molecule has 2 aliphatic heterocycles. The van der Waals surface area contributed by atoms with Crippen LogP contribution in [0.15, 0.2) is 4.90 Å². The fourth-order valence-electron chi connectivity index (χ4n) is 4.02. The number of H-pyrrole nitrogens is 1. The van der Waals surface area contributed by atoms with Crippen molar-refractivity contribution in [3.8, 4) is 0 Å². The monoisotopic (exact) mass is 369 g/mol. The molecular formula is C16H27N5O3S. The number of amides is 1. The average Bonchev–Trinajstić information content (AvgIpc) is 3.20. The van der Waals surface area contributed by atoms with Crippen molar-refractivity contribution in [1.29, 1.82) is 0 Å². The number of carbonyl (C=O) groups excluding carboxylic acids is 1. The van der Waals surface area contributed by atoms with Crippen LogP contribution in [0, 0.1) is 19.8 Å². The van der Waals surface area contributed by atoms with Gasteiger partial charge in [0.2, 0.25) is 15.9 Å². The van der Waals surface area contributed by atoms with Gasteiger partial charge in [-0.05, 0) is 39.5 Å². The van der Waals surface area contributed by atoms with Crippen LogP contribution in [0.4, 0.5) is 0 Å². The zero-order valence-electron chi connectivity index (χ0n) is 14.9. The van der Waals surface area contributed by atoms with Gasteiger partial charge in [-0.15, -0.1) is 0 Å². The first-order valence-corrected chi connectivity index (χ1v) is 10.3. The summed E-state index contributed by atoms with van der Waals surface area (Å²) in [4.78, 5) is 15.0. The number of sulfonamides is 1. The molecular weight excluding hydrogens is 342 g/mol. The lowest BCUT2D eigenvalue weighted by Crippen LogP contribution is -2.49. The van der Waals surface area contributed by atoms with E-state index in [1.54, 1.807) is 13.8 Å². The third kappa shape index (κ3) is 3.32. The fourth-order valence-corrected chi connectivity index (χ4v) is 5.87.